The number of halogens is 1. The van der Waals surface area contributed by atoms with Crippen LogP contribution in [-0.4, -0.2) is 36.6 Å². The zero-order valence-electron chi connectivity index (χ0n) is 14.6. The number of carbonyl (C=O) groups excluding carboxylic acids is 1. The smallest absolute Gasteiger partial charge is 0.251 e. The van der Waals surface area contributed by atoms with Crippen molar-refractivity contribution in [1.82, 2.24) is 15.1 Å². The lowest BCUT2D eigenvalue weighted by Crippen LogP contribution is -2.43. The number of primary amides is 1. The van der Waals surface area contributed by atoms with Crippen LogP contribution in [-0.2, 0) is 5.31 Å². The molecule has 0 spiro atoms. The van der Waals surface area contributed by atoms with Crippen molar-refractivity contribution in [2.75, 3.05) is 13.1 Å². The van der Waals surface area contributed by atoms with Crippen molar-refractivity contribution in [2.45, 2.75) is 18.2 Å². The highest BCUT2D eigenvalue weighted by atomic mass is 19.1. The van der Waals surface area contributed by atoms with Gasteiger partial charge in [0.15, 0.2) is 0 Å². The van der Waals surface area contributed by atoms with Crippen LogP contribution in [0.1, 0.15) is 28.8 Å². The molecular formula is C19H20BFN4O. The Labute approximate surface area is 151 Å². The molecule has 0 bridgehead atoms. The van der Waals surface area contributed by atoms with Crippen molar-refractivity contribution in [2.24, 2.45) is 5.73 Å². The molecule has 2 aromatic carbocycles. The summed E-state index contributed by atoms with van der Waals surface area (Å²) in [6, 6.07) is 10.7. The number of fused-ring (bicyclic) bond motifs is 1. The molecule has 0 radical (unpaired) electrons. The Morgan fingerprint density at radius 2 is 2.08 bits per heavy atom. The number of nitrogens with zero attached hydrogens (tertiary/aromatic N) is 2. The van der Waals surface area contributed by atoms with Crippen LogP contribution in [0, 0.1) is 5.82 Å². The van der Waals surface area contributed by atoms with Gasteiger partial charge in [0.05, 0.1) is 11.3 Å². The van der Waals surface area contributed by atoms with E-state index >= 15 is 0 Å². The van der Waals surface area contributed by atoms with Crippen molar-refractivity contribution >= 4 is 24.7 Å². The molecule has 132 valence electrons. The Balaban J connectivity index is 1.72. The normalized spacial score (nSPS) is 20.3. The van der Waals surface area contributed by atoms with Gasteiger partial charge in [-0.05, 0) is 61.1 Å². The van der Waals surface area contributed by atoms with Gasteiger partial charge >= 0.3 is 0 Å². The largest absolute Gasteiger partial charge is 0.366 e. The van der Waals surface area contributed by atoms with Crippen molar-refractivity contribution < 1.29 is 9.18 Å². The van der Waals surface area contributed by atoms with Crippen LogP contribution in [0.25, 0.3) is 16.6 Å². The number of benzene rings is 2. The summed E-state index contributed by atoms with van der Waals surface area (Å²) in [4.78, 5) is 11.6. The number of rotatable bonds is 3. The molecule has 3 N–H and O–H groups in total. The Morgan fingerprint density at radius 1 is 1.31 bits per heavy atom. The van der Waals surface area contributed by atoms with E-state index in [1.54, 1.807) is 10.9 Å². The molecule has 7 heteroatoms. The lowest BCUT2D eigenvalue weighted by atomic mass is 9.60. The van der Waals surface area contributed by atoms with Crippen LogP contribution < -0.4 is 11.1 Å². The fraction of sp³-hybridized carbons (Fsp3) is 0.263. The Bertz CT molecular complexity index is 977. The zero-order valence-corrected chi connectivity index (χ0v) is 14.6. The van der Waals surface area contributed by atoms with E-state index in [1.165, 1.54) is 18.1 Å². The fourth-order valence-corrected chi connectivity index (χ4v) is 3.74. The van der Waals surface area contributed by atoms with Gasteiger partial charge in [-0.25, -0.2) is 9.07 Å². The summed E-state index contributed by atoms with van der Waals surface area (Å²) in [7, 11) is 2.28. The van der Waals surface area contributed by atoms with Gasteiger partial charge in [-0.2, -0.15) is 5.10 Å². The molecule has 1 aliphatic rings. The van der Waals surface area contributed by atoms with Gasteiger partial charge in [0.25, 0.3) is 5.91 Å². The van der Waals surface area contributed by atoms with Crippen LogP contribution in [0.3, 0.4) is 0 Å². The lowest BCUT2D eigenvalue weighted by Gasteiger charge is -2.35. The molecular weight excluding hydrogens is 330 g/mol. The van der Waals surface area contributed by atoms with Crippen LogP contribution in [0.5, 0.6) is 0 Å². The minimum atomic E-state index is -0.687. The minimum Gasteiger partial charge on any atom is -0.366 e. The maximum absolute atomic E-state index is 13.7. The van der Waals surface area contributed by atoms with E-state index in [0.29, 0.717) is 10.9 Å². The molecule has 4 rings (SSSR count). The van der Waals surface area contributed by atoms with Crippen molar-refractivity contribution in [3.8, 4) is 5.69 Å². The molecule has 1 aromatic heterocycles. The Hall–Kier alpha value is -2.67. The summed E-state index contributed by atoms with van der Waals surface area (Å²) in [6.07, 6.45) is 4.04. The van der Waals surface area contributed by atoms with E-state index in [9.17, 15) is 9.18 Å². The molecule has 1 saturated heterocycles. The second-order valence-electron chi connectivity index (χ2n) is 7.22. The molecule has 2 heterocycles. The average molecular weight is 350 g/mol. The molecule has 1 atom stereocenters. The van der Waals surface area contributed by atoms with Gasteiger partial charge in [0, 0.05) is 11.6 Å². The standard InChI is InChI=1S/C19H20BFN4O/c20-19(6-1-7-23-11-19)13-2-4-15(5-3-13)25-10-12-8-14(21)9-16(18(22)26)17(12)24-25/h2-5,8-10,23H,1,6-7,11,20H2,(H2,22,26)/t19-/m0/s1. The number of amides is 1. The Kier molecular flexibility index (Phi) is 4.03. The third kappa shape index (κ3) is 2.88. The summed E-state index contributed by atoms with van der Waals surface area (Å²) >= 11 is 0. The molecule has 0 aliphatic carbocycles. The maximum atomic E-state index is 13.7. The van der Waals surface area contributed by atoms with Crippen LogP contribution in [0.2, 0.25) is 0 Å². The first-order valence-electron chi connectivity index (χ1n) is 8.77. The van der Waals surface area contributed by atoms with Crippen LogP contribution in [0.4, 0.5) is 4.39 Å². The number of nitrogens with one attached hydrogen (secondary N) is 1. The summed E-state index contributed by atoms with van der Waals surface area (Å²) < 4.78 is 15.4. The molecule has 1 fully saturated rings. The van der Waals surface area contributed by atoms with Crippen molar-refractivity contribution in [3.05, 3.63) is 59.5 Å². The summed E-state index contributed by atoms with van der Waals surface area (Å²) in [5, 5.41) is 8.59. The summed E-state index contributed by atoms with van der Waals surface area (Å²) in [5.41, 5.74) is 8.00. The van der Waals surface area contributed by atoms with E-state index in [2.05, 4.69) is 30.4 Å². The minimum absolute atomic E-state index is 0.0937. The quantitative estimate of drug-likeness (QED) is 0.703. The number of nitrogens with two attached hydrogens (primary N) is 1. The molecule has 0 saturated carbocycles. The third-order valence-electron chi connectivity index (χ3n) is 5.26. The SMILES string of the molecule is B[C@@]1(c2ccc(-n3cc4cc(F)cc(C(N)=O)c4n3)cc2)CCCNC1. The summed E-state index contributed by atoms with van der Waals surface area (Å²) in [6.45, 7) is 2.05. The van der Waals surface area contributed by atoms with Gasteiger partial charge in [0.2, 0.25) is 0 Å². The number of hydrogen-bond donors (Lipinski definition) is 2. The second kappa shape index (κ2) is 6.25. The topological polar surface area (TPSA) is 72.9 Å². The predicted molar refractivity (Wildman–Crippen MR) is 102 cm³/mol. The Morgan fingerprint density at radius 3 is 2.73 bits per heavy atom. The van der Waals surface area contributed by atoms with Crippen molar-refractivity contribution in [3.63, 3.8) is 0 Å². The fourth-order valence-electron chi connectivity index (χ4n) is 3.74. The predicted octanol–water partition coefficient (Wildman–Crippen LogP) is 1.48. The third-order valence-corrected chi connectivity index (χ3v) is 5.26. The van der Waals surface area contributed by atoms with Gasteiger partial charge in [-0.1, -0.05) is 12.1 Å². The molecule has 26 heavy (non-hydrogen) atoms. The van der Waals surface area contributed by atoms with Gasteiger partial charge in [-0.15, -0.1) is 0 Å². The molecule has 1 amide bonds. The number of piperidine rings is 1. The first-order chi connectivity index (χ1) is 12.5. The first kappa shape index (κ1) is 16.8. The monoisotopic (exact) mass is 350 g/mol. The van der Waals surface area contributed by atoms with E-state index in [4.69, 9.17) is 5.73 Å². The maximum Gasteiger partial charge on any atom is 0.251 e. The van der Waals surface area contributed by atoms with E-state index < -0.39 is 11.7 Å². The highest BCUT2D eigenvalue weighted by molar-refractivity contribution is 6.16. The van der Waals surface area contributed by atoms with E-state index in [-0.39, 0.29) is 10.9 Å². The zero-order chi connectivity index (χ0) is 18.3. The van der Waals surface area contributed by atoms with Crippen LogP contribution in [0.15, 0.2) is 42.6 Å². The first-order valence-corrected chi connectivity index (χ1v) is 8.77. The molecule has 3 aromatic rings. The number of hydrogen-bond acceptors (Lipinski definition) is 3. The summed E-state index contributed by atoms with van der Waals surface area (Å²) in [5.74, 6) is -1.19. The van der Waals surface area contributed by atoms with E-state index in [1.807, 2.05) is 12.1 Å². The van der Waals surface area contributed by atoms with Crippen LogP contribution >= 0.6 is 0 Å². The molecule has 0 unspecified atom stereocenters. The van der Waals surface area contributed by atoms with Crippen molar-refractivity contribution in [1.29, 1.82) is 0 Å². The van der Waals surface area contributed by atoms with Gasteiger partial charge < -0.3 is 11.1 Å². The number of aromatic nitrogens is 2. The van der Waals surface area contributed by atoms with E-state index in [0.717, 1.165) is 31.3 Å². The van der Waals surface area contributed by atoms with Gasteiger partial charge in [-0.3, -0.25) is 4.79 Å². The highest BCUT2D eigenvalue weighted by Gasteiger charge is 2.28. The molecule has 5 nitrogen and oxygen atoms in total. The number of carbonyl (C=O) groups is 1. The highest BCUT2D eigenvalue weighted by Crippen LogP contribution is 2.29. The second-order valence-corrected chi connectivity index (χ2v) is 7.22. The molecule has 1 aliphatic heterocycles. The lowest BCUT2D eigenvalue weighted by molar-refractivity contribution is 0.100. The van der Waals surface area contributed by atoms with Gasteiger partial charge in [0.1, 0.15) is 19.2 Å². The average Bonchev–Trinajstić information content (AvgIpc) is 3.05.